The minimum Gasteiger partial charge on any atom is -0.493 e. The van der Waals surface area contributed by atoms with Crippen molar-refractivity contribution in [2.75, 3.05) is 26.3 Å². The summed E-state index contributed by atoms with van der Waals surface area (Å²) in [6.07, 6.45) is 2.59. The molecule has 128 valence electrons. The third kappa shape index (κ3) is 4.80. The van der Waals surface area contributed by atoms with Crippen LogP contribution in [0.1, 0.15) is 18.9 Å². The van der Waals surface area contributed by atoms with Crippen LogP contribution in [0.5, 0.6) is 17.2 Å². The van der Waals surface area contributed by atoms with Crippen LogP contribution in [0.2, 0.25) is 5.02 Å². The summed E-state index contributed by atoms with van der Waals surface area (Å²) in [5, 5.41) is 4.90. The summed E-state index contributed by atoms with van der Waals surface area (Å²) in [6.45, 7) is 2.64. The number of hydrazone groups is 1. The molecule has 0 amide bonds. The molecular formula is C18H21ClN2O3. The molecule has 0 aliphatic carbocycles. The third-order valence-electron chi connectivity index (χ3n) is 3.18. The first-order chi connectivity index (χ1) is 11.7. The number of nitrogens with one attached hydrogen (secondary N) is 1. The molecule has 0 unspecified atom stereocenters. The number of methoxy groups -OCH3 is 2. The smallest absolute Gasteiger partial charge is 0.203 e. The Labute approximate surface area is 147 Å². The zero-order valence-electron chi connectivity index (χ0n) is 14.0. The molecule has 0 spiro atoms. The molecule has 0 atom stereocenters. The number of anilines is 1. The second kappa shape index (κ2) is 9.03. The molecule has 0 aromatic heterocycles. The van der Waals surface area contributed by atoms with Gasteiger partial charge >= 0.3 is 0 Å². The lowest BCUT2D eigenvalue weighted by Crippen LogP contribution is -2.01. The molecule has 1 N–H and O–H groups in total. The van der Waals surface area contributed by atoms with E-state index in [9.17, 15) is 0 Å². The fraction of sp³-hybridized carbons (Fsp3) is 0.278. The van der Waals surface area contributed by atoms with Crippen molar-refractivity contribution in [2.24, 2.45) is 5.10 Å². The summed E-state index contributed by atoms with van der Waals surface area (Å²) in [5.74, 6) is 1.82. The second-order valence-electron chi connectivity index (χ2n) is 4.98. The molecule has 0 fully saturated rings. The van der Waals surface area contributed by atoms with Gasteiger partial charge in [-0.2, -0.15) is 5.10 Å². The highest BCUT2D eigenvalue weighted by atomic mass is 35.5. The van der Waals surface area contributed by atoms with Gasteiger partial charge < -0.3 is 14.2 Å². The minimum atomic E-state index is 0.596. The highest BCUT2D eigenvalue weighted by Crippen LogP contribution is 2.38. The Kier molecular flexibility index (Phi) is 6.75. The topological polar surface area (TPSA) is 52.1 Å². The van der Waals surface area contributed by atoms with Crippen LogP contribution in [-0.4, -0.2) is 27.0 Å². The van der Waals surface area contributed by atoms with Gasteiger partial charge in [0.25, 0.3) is 0 Å². The standard InChI is InChI=1S/C18H21ClN2O3/c1-4-9-24-18-16(22-2)10-13(11-17(18)23-3)12-20-21-15-7-5-14(19)6-8-15/h5-8,10-12,21H,4,9H2,1-3H3/b20-12+. The highest BCUT2D eigenvalue weighted by molar-refractivity contribution is 6.30. The van der Waals surface area contributed by atoms with Crippen molar-refractivity contribution in [3.05, 3.63) is 47.0 Å². The Morgan fingerprint density at radius 3 is 2.25 bits per heavy atom. The van der Waals surface area contributed by atoms with Crippen molar-refractivity contribution in [2.45, 2.75) is 13.3 Å². The number of ether oxygens (including phenoxy) is 3. The third-order valence-corrected chi connectivity index (χ3v) is 3.44. The second-order valence-corrected chi connectivity index (χ2v) is 5.42. The van der Waals surface area contributed by atoms with Gasteiger partial charge in [-0.3, -0.25) is 5.43 Å². The summed E-state index contributed by atoms with van der Waals surface area (Å²) in [4.78, 5) is 0. The van der Waals surface area contributed by atoms with Crippen LogP contribution < -0.4 is 19.6 Å². The summed E-state index contributed by atoms with van der Waals surface area (Å²) in [7, 11) is 3.20. The maximum absolute atomic E-state index is 5.85. The van der Waals surface area contributed by atoms with Crippen LogP contribution in [0.15, 0.2) is 41.5 Å². The molecule has 24 heavy (non-hydrogen) atoms. The van der Waals surface area contributed by atoms with Crippen LogP contribution in [0.3, 0.4) is 0 Å². The normalized spacial score (nSPS) is 10.7. The SMILES string of the molecule is CCCOc1c(OC)cc(/C=N/Nc2ccc(Cl)cc2)cc1OC. The molecule has 0 radical (unpaired) electrons. The van der Waals surface area contributed by atoms with Gasteiger partial charge in [-0.25, -0.2) is 0 Å². The van der Waals surface area contributed by atoms with Gasteiger partial charge in [-0.05, 0) is 42.8 Å². The maximum atomic E-state index is 5.85. The maximum Gasteiger partial charge on any atom is 0.203 e. The van der Waals surface area contributed by atoms with Crippen LogP contribution in [0.4, 0.5) is 5.69 Å². The minimum absolute atomic E-state index is 0.596. The molecule has 2 aromatic carbocycles. The molecule has 2 rings (SSSR count). The molecule has 0 aliphatic rings. The number of hydrogen-bond acceptors (Lipinski definition) is 5. The monoisotopic (exact) mass is 348 g/mol. The van der Waals surface area contributed by atoms with Gasteiger partial charge in [-0.1, -0.05) is 18.5 Å². The predicted octanol–water partition coefficient (Wildman–Crippen LogP) is 4.59. The van der Waals surface area contributed by atoms with Gasteiger partial charge in [0.05, 0.1) is 32.7 Å². The van der Waals surface area contributed by atoms with Crippen LogP contribution in [0, 0.1) is 0 Å². The number of nitrogens with zero attached hydrogens (tertiary/aromatic N) is 1. The van der Waals surface area contributed by atoms with Crippen LogP contribution in [0.25, 0.3) is 0 Å². The van der Waals surface area contributed by atoms with Crippen LogP contribution in [-0.2, 0) is 0 Å². The lowest BCUT2D eigenvalue weighted by molar-refractivity contribution is 0.275. The van der Waals surface area contributed by atoms with Crippen molar-refractivity contribution in [3.63, 3.8) is 0 Å². The summed E-state index contributed by atoms with van der Waals surface area (Å²) in [5.41, 5.74) is 4.61. The molecule has 0 saturated heterocycles. The Morgan fingerprint density at radius 1 is 1.08 bits per heavy atom. The quantitative estimate of drug-likeness (QED) is 0.560. The summed E-state index contributed by atoms with van der Waals surface area (Å²) >= 11 is 5.85. The van der Waals surface area contributed by atoms with E-state index < -0.39 is 0 Å². The van der Waals surface area contributed by atoms with Gasteiger partial charge in [0, 0.05) is 10.6 Å². The van der Waals surface area contributed by atoms with Gasteiger partial charge in [0.15, 0.2) is 11.5 Å². The van der Waals surface area contributed by atoms with Crippen molar-refractivity contribution in [1.29, 1.82) is 0 Å². The van der Waals surface area contributed by atoms with Gasteiger partial charge in [0.2, 0.25) is 5.75 Å². The summed E-state index contributed by atoms with van der Waals surface area (Å²) < 4.78 is 16.5. The van der Waals surface area contributed by atoms with Crippen LogP contribution >= 0.6 is 11.6 Å². The Morgan fingerprint density at radius 2 is 1.71 bits per heavy atom. The van der Waals surface area contributed by atoms with E-state index in [1.807, 2.05) is 31.2 Å². The molecule has 0 saturated carbocycles. The van der Waals surface area contributed by atoms with Gasteiger partial charge in [0.1, 0.15) is 0 Å². The Hall–Kier alpha value is -2.40. The molecule has 6 heteroatoms. The van der Waals surface area contributed by atoms with E-state index in [1.54, 1.807) is 32.6 Å². The van der Waals surface area contributed by atoms with E-state index in [0.717, 1.165) is 17.7 Å². The average Bonchev–Trinajstić information content (AvgIpc) is 2.61. The fourth-order valence-corrected chi connectivity index (χ4v) is 2.15. The first-order valence-corrected chi connectivity index (χ1v) is 7.99. The molecular weight excluding hydrogens is 328 g/mol. The number of halogens is 1. The molecule has 0 bridgehead atoms. The predicted molar refractivity (Wildman–Crippen MR) is 98.0 cm³/mol. The van der Waals surface area contributed by atoms with Crippen molar-refractivity contribution >= 4 is 23.5 Å². The average molecular weight is 349 g/mol. The zero-order valence-corrected chi connectivity index (χ0v) is 14.8. The van der Waals surface area contributed by atoms with Gasteiger partial charge in [-0.15, -0.1) is 0 Å². The number of rotatable bonds is 8. The fourth-order valence-electron chi connectivity index (χ4n) is 2.03. The Balaban J connectivity index is 2.17. The molecule has 0 aliphatic heterocycles. The van der Waals surface area contributed by atoms with E-state index in [1.165, 1.54) is 0 Å². The van der Waals surface area contributed by atoms with Crippen molar-refractivity contribution in [1.82, 2.24) is 0 Å². The van der Waals surface area contributed by atoms with E-state index in [2.05, 4.69) is 10.5 Å². The van der Waals surface area contributed by atoms with E-state index in [0.29, 0.717) is 28.9 Å². The number of hydrogen-bond donors (Lipinski definition) is 1. The molecule has 2 aromatic rings. The Bertz CT molecular complexity index is 662. The first kappa shape index (κ1) is 17.9. The lowest BCUT2D eigenvalue weighted by atomic mass is 10.2. The number of benzene rings is 2. The van der Waals surface area contributed by atoms with E-state index >= 15 is 0 Å². The summed E-state index contributed by atoms with van der Waals surface area (Å²) in [6, 6.07) is 11.0. The van der Waals surface area contributed by atoms with E-state index in [-0.39, 0.29) is 0 Å². The lowest BCUT2D eigenvalue weighted by Gasteiger charge is -2.14. The van der Waals surface area contributed by atoms with E-state index in [4.69, 9.17) is 25.8 Å². The van der Waals surface area contributed by atoms with Crippen molar-refractivity contribution < 1.29 is 14.2 Å². The zero-order chi connectivity index (χ0) is 17.4. The highest BCUT2D eigenvalue weighted by Gasteiger charge is 2.13. The van der Waals surface area contributed by atoms with Crippen molar-refractivity contribution in [3.8, 4) is 17.2 Å². The largest absolute Gasteiger partial charge is 0.493 e. The molecule has 0 heterocycles. The first-order valence-electron chi connectivity index (χ1n) is 7.61. The molecule has 5 nitrogen and oxygen atoms in total.